The Morgan fingerprint density at radius 1 is 1.06 bits per heavy atom. The standard InChI is InChI=1S/C24H21N5O5S2/c30-22(16-35-24-25-20-12-11-18(29(31)32)15-21(20)26-24)27-13-14-28(23(27)17-7-3-1-4-8-17)36(33,34)19-9-5-2-6-10-19/h1-12,15,23H,13-14,16H2,(H,25,26). The number of nitrogens with one attached hydrogen (secondary N) is 1. The molecule has 1 aliphatic rings. The molecule has 0 radical (unpaired) electrons. The molecule has 1 aromatic heterocycles. The van der Waals surface area contributed by atoms with Gasteiger partial charge in [0.25, 0.3) is 5.69 Å². The van der Waals surface area contributed by atoms with Crippen LogP contribution in [0.1, 0.15) is 11.7 Å². The first kappa shape index (κ1) is 24.0. The van der Waals surface area contributed by atoms with E-state index in [0.717, 1.165) is 11.8 Å². The van der Waals surface area contributed by atoms with Crippen molar-refractivity contribution in [1.82, 2.24) is 19.2 Å². The van der Waals surface area contributed by atoms with E-state index in [0.29, 0.717) is 21.8 Å². The van der Waals surface area contributed by atoms with Crippen molar-refractivity contribution in [3.05, 3.63) is 94.5 Å². The van der Waals surface area contributed by atoms with Gasteiger partial charge in [0.15, 0.2) is 5.16 Å². The number of sulfonamides is 1. The number of nitrogens with zero attached hydrogens (tertiary/aromatic N) is 4. The second-order valence-corrected chi connectivity index (χ2v) is 10.9. The Morgan fingerprint density at radius 2 is 1.75 bits per heavy atom. The molecule has 12 heteroatoms. The number of nitro groups is 1. The van der Waals surface area contributed by atoms with Crippen LogP contribution in [0.15, 0.2) is 88.9 Å². The Bertz CT molecular complexity index is 1530. The predicted octanol–water partition coefficient (Wildman–Crippen LogP) is 3.80. The number of hydrogen-bond donors (Lipinski definition) is 1. The van der Waals surface area contributed by atoms with Crippen LogP contribution in [-0.2, 0) is 14.8 Å². The number of aromatic amines is 1. The smallest absolute Gasteiger partial charge is 0.271 e. The summed E-state index contributed by atoms with van der Waals surface area (Å²) in [5.41, 5.74) is 1.70. The molecule has 1 saturated heterocycles. The second-order valence-electron chi connectivity index (χ2n) is 8.09. The van der Waals surface area contributed by atoms with Gasteiger partial charge in [-0.2, -0.15) is 4.31 Å². The van der Waals surface area contributed by atoms with Gasteiger partial charge in [-0.1, -0.05) is 60.3 Å². The average Bonchev–Trinajstić information content (AvgIpc) is 3.52. The van der Waals surface area contributed by atoms with Crippen LogP contribution in [-0.4, -0.2) is 57.3 Å². The average molecular weight is 524 g/mol. The van der Waals surface area contributed by atoms with Gasteiger partial charge in [-0.05, 0) is 23.8 Å². The number of imidazole rings is 1. The maximum Gasteiger partial charge on any atom is 0.271 e. The van der Waals surface area contributed by atoms with Crippen LogP contribution in [0.4, 0.5) is 5.69 Å². The summed E-state index contributed by atoms with van der Waals surface area (Å²) in [7, 11) is -3.84. The first-order valence-corrected chi connectivity index (χ1v) is 13.5. The minimum Gasteiger partial charge on any atom is -0.333 e. The molecule has 4 aromatic rings. The predicted molar refractivity (Wildman–Crippen MR) is 135 cm³/mol. The van der Waals surface area contributed by atoms with Gasteiger partial charge in [-0.25, -0.2) is 13.4 Å². The van der Waals surface area contributed by atoms with Crippen molar-refractivity contribution < 1.29 is 18.1 Å². The Balaban J connectivity index is 1.38. The molecule has 0 aliphatic carbocycles. The van der Waals surface area contributed by atoms with Gasteiger partial charge in [0.1, 0.15) is 6.17 Å². The molecule has 184 valence electrons. The number of carbonyl (C=O) groups excluding carboxylic acids is 1. The Morgan fingerprint density at radius 3 is 2.44 bits per heavy atom. The molecule has 0 bridgehead atoms. The number of carbonyl (C=O) groups is 1. The van der Waals surface area contributed by atoms with E-state index in [1.807, 2.05) is 30.3 Å². The van der Waals surface area contributed by atoms with Crippen LogP contribution in [0.3, 0.4) is 0 Å². The molecule has 1 N–H and O–H groups in total. The topological polar surface area (TPSA) is 130 Å². The number of thioether (sulfide) groups is 1. The van der Waals surface area contributed by atoms with Crippen molar-refractivity contribution in [2.45, 2.75) is 16.2 Å². The van der Waals surface area contributed by atoms with Gasteiger partial charge in [-0.3, -0.25) is 14.9 Å². The molecule has 1 fully saturated rings. The molecule has 0 saturated carbocycles. The maximum atomic E-state index is 13.5. The van der Waals surface area contributed by atoms with E-state index in [9.17, 15) is 23.3 Å². The van der Waals surface area contributed by atoms with E-state index < -0.39 is 21.1 Å². The van der Waals surface area contributed by atoms with Crippen molar-refractivity contribution in [3.8, 4) is 0 Å². The molecule has 36 heavy (non-hydrogen) atoms. The van der Waals surface area contributed by atoms with Crippen LogP contribution in [0.5, 0.6) is 0 Å². The SMILES string of the molecule is O=C(CSc1nc2ccc([N+](=O)[O-])cc2[nH]1)N1CCN(S(=O)(=O)c2ccccc2)C1c1ccccc1. The molecule has 1 unspecified atom stereocenters. The zero-order valence-electron chi connectivity index (χ0n) is 18.9. The van der Waals surface area contributed by atoms with Gasteiger partial charge >= 0.3 is 0 Å². The minimum atomic E-state index is -3.84. The summed E-state index contributed by atoms with van der Waals surface area (Å²) in [5.74, 6) is -0.226. The highest BCUT2D eigenvalue weighted by atomic mass is 32.2. The van der Waals surface area contributed by atoms with Crippen LogP contribution in [0.25, 0.3) is 11.0 Å². The van der Waals surface area contributed by atoms with Crippen LogP contribution >= 0.6 is 11.8 Å². The summed E-state index contributed by atoms with van der Waals surface area (Å²) in [6, 6.07) is 21.6. The third-order valence-electron chi connectivity index (χ3n) is 5.88. The van der Waals surface area contributed by atoms with Crippen molar-refractivity contribution in [3.63, 3.8) is 0 Å². The lowest BCUT2D eigenvalue weighted by Crippen LogP contribution is -2.38. The largest absolute Gasteiger partial charge is 0.333 e. The Labute approximate surface area is 211 Å². The minimum absolute atomic E-state index is 0.0183. The van der Waals surface area contributed by atoms with Crippen molar-refractivity contribution in [1.29, 1.82) is 0 Å². The lowest BCUT2D eigenvalue weighted by Gasteiger charge is -2.30. The monoisotopic (exact) mass is 523 g/mol. The van der Waals surface area contributed by atoms with Gasteiger partial charge < -0.3 is 9.88 Å². The van der Waals surface area contributed by atoms with E-state index in [-0.39, 0.29) is 35.3 Å². The maximum absolute atomic E-state index is 13.5. The van der Waals surface area contributed by atoms with Crippen LogP contribution in [0.2, 0.25) is 0 Å². The number of non-ortho nitro benzene ring substituents is 1. The molecule has 1 amide bonds. The summed E-state index contributed by atoms with van der Waals surface area (Å²) in [6.07, 6.45) is -0.775. The summed E-state index contributed by atoms with van der Waals surface area (Å²) in [5, 5.41) is 11.5. The lowest BCUT2D eigenvalue weighted by molar-refractivity contribution is -0.384. The van der Waals surface area contributed by atoms with Gasteiger partial charge in [0.05, 0.1) is 26.6 Å². The van der Waals surface area contributed by atoms with E-state index >= 15 is 0 Å². The van der Waals surface area contributed by atoms with Crippen LogP contribution < -0.4 is 0 Å². The molecule has 2 heterocycles. The van der Waals surface area contributed by atoms with Crippen LogP contribution in [0, 0.1) is 10.1 Å². The summed E-state index contributed by atoms with van der Waals surface area (Å²) in [4.78, 5) is 33.0. The number of amides is 1. The Kier molecular flexibility index (Phi) is 6.48. The van der Waals surface area contributed by atoms with E-state index in [1.54, 1.807) is 41.3 Å². The fourth-order valence-corrected chi connectivity index (χ4v) is 6.55. The van der Waals surface area contributed by atoms with Crippen molar-refractivity contribution in [2.24, 2.45) is 0 Å². The first-order valence-electron chi connectivity index (χ1n) is 11.0. The van der Waals surface area contributed by atoms with Crippen molar-refractivity contribution in [2.75, 3.05) is 18.8 Å². The van der Waals surface area contributed by atoms with Crippen molar-refractivity contribution >= 4 is 44.4 Å². The molecular formula is C24H21N5O5S2. The number of hydrogen-bond acceptors (Lipinski definition) is 7. The number of nitro benzene ring substituents is 1. The number of benzene rings is 3. The summed E-state index contributed by atoms with van der Waals surface area (Å²) >= 11 is 1.16. The number of aromatic nitrogens is 2. The molecule has 5 rings (SSSR count). The normalized spacial score (nSPS) is 16.4. The zero-order valence-corrected chi connectivity index (χ0v) is 20.5. The van der Waals surface area contributed by atoms with Gasteiger partial charge in [-0.15, -0.1) is 0 Å². The lowest BCUT2D eigenvalue weighted by atomic mass is 10.1. The highest BCUT2D eigenvalue weighted by molar-refractivity contribution is 7.99. The molecule has 0 spiro atoms. The summed E-state index contributed by atoms with van der Waals surface area (Å²) < 4.78 is 28.3. The zero-order chi connectivity index (χ0) is 25.3. The number of H-pyrrole nitrogens is 1. The van der Waals surface area contributed by atoms with Gasteiger partial charge in [0.2, 0.25) is 15.9 Å². The molecule has 3 aromatic carbocycles. The highest BCUT2D eigenvalue weighted by Crippen LogP contribution is 2.35. The quantitative estimate of drug-likeness (QED) is 0.222. The Hall–Kier alpha value is -3.74. The molecule has 1 aliphatic heterocycles. The summed E-state index contributed by atoms with van der Waals surface area (Å²) in [6.45, 7) is 0.416. The number of rotatable bonds is 7. The van der Waals surface area contributed by atoms with E-state index in [1.165, 1.54) is 16.4 Å². The molecule has 1 atom stereocenters. The number of fused-ring (bicyclic) bond motifs is 1. The highest BCUT2D eigenvalue weighted by Gasteiger charge is 2.43. The van der Waals surface area contributed by atoms with Gasteiger partial charge in [0, 0.05) is 25.2 Å². The van der Waals surface area contributed by atoms with E-state index in [2.05, 4.69) is 9.97 Å². The fraction of sp³-hybridized carbons (Fsp3) is 0.167. The second kappa shape index (κ2) is 9.72. The molecular weight excluding hydrogens is 502 g/mol. The third kappa shape index (κ3) is 4.57. The molecule has 10 nitrogen and oxygen atoms in total. The first-order chi connectivity index (χ1) is 17.3. The third-order valence-corrected chi connectivity index (χ3v) is 8.61. The van der Waals surface area contributed by atoms with E-state index in [4.69, 9.17) is 0 Å². The fourth-order valence-electron chi connectivity index (χ4n) is 4.19.